The number of nitrogens with two attached hydrogens (primary N) is 2. The van der Waals surface area contributed by atoms with E-state index in [2.05, 4.69) is 45.0 Å². The molecule has 1 aromatic rings. The largest absolute Gasteiger partial charge is 0.330 e. The minimum Gasteiger partial charge on any atom is -0.330 e. The molecular weight excluding hydrogens is 196 g/mol. The third kappa shape index (κ3) is 3.06. The number of hydrogen-bond donors (Lipinski definition) is 2. The molecule has 0 aliphatic carbocycles. The van der Waals surface area contributed by atoms with Gasteiger partial charge in [-0.1, -0.05) is 45.0 Å². The van der Waals surface area contributed by atoms with Gasteiger partial charge in [0.1, 0.15) is 0 Å². The number of hydrogen-bond acceptors (Lipinski definition) is 2. The van der Waals surface area contributed by atoms with Crippen molar-refractivity contribution in [1.82, 2.24) is 0 Å². The summed E-state index contributed by atoms with van der Waals surface area (Å²) in [6, 6.07) is 8.83. The topological polar surface area (TPSA) is 52.0 Å². The average Bonchev–Trinajstić information content (AvgIpc) is 2.30. The van der Waals surface area contributed by atoms with Gasteiger partial charge in [0.05, 0.1) is 0 Å². The highest BCUT2D eigenvalue weighted by Gasteiger charge is 2.15. The van der Waals surface area contributed by atoms with Crippen LogP contribution >= 0.6 is 0 Å². The lowest BCUT2D eigenvalue weighted by molar-refractivity contribution is 0.466. The SMILES string of the molecule is CC(C)c1ccc(C(C)C(CN)CN)cc1. The Morgan fingerprint density at radius 2 is 1.31 bits per heavy atom. The maximum Gasteiger partial charge on any atom is -0.00310 e. The van der Waals surface area contributed by atoms with Gasteiger partial charge in [0.15, 0.2) is 0 Å². The second-order valence-corrected chi connectivity index (χ2v) is 4.84. The van der Waals surface area contributed by atoms with E-state index in [0.717, 1.165) is 0 Å². The van der Waals surface area contributed by atoms with Crippen molar-refractivity contribution in [3.05, 3.63) is 35.4 Å². The maximum atomic E-state index is 5.72. The molecule has 1 atom stereocenters. The summed E-state index contributed by atoms with van der Waals surface area (Å²) in [5.74, 6) is 1.41. The summed E-state index contributed by atoms with van der Waals surface area (Å²) >= 11 is 0. The van der Waals surface area contributed by atoms with Crippen molar-refractivity contribution in [2.45, 2.75) is 32.6 Å². The standard InChI is InChI=1S/C14H24N2/c1-10(2)12-4-6-13(7-5-12)11(3)14(8-15)9-16/h4-7,10-11,14H,8-9,15-16H2,1-3H3. The Bertz CT molecular complexity index is 299. The Balaban J connectivity index is 2.80. The van der Waals surface area contributed by atoms with Crippen LogP contribution in [-0.2, 0) is 0 Å². The maximum absolute atomic E-state index is 5.72. The van der Waals surface area contributed by atoms with Gasteiger partial charge in [-0.15, -0.1) is 0 Å². The first-order valence-electron chi connectivity index (χ1n) is 6.10. The summed E-state index contributed by atoms with van der Waals surface area (Å²) in [5, 5.41) is 0. The molecule has 2 nitrogen and oxygen atoms in total. The molecule has 0 radical (unpaired) electrons. The molecule has 1 aromatic carbocycles. The molecule has 90 valence electrons. The molecule has 0 fully saturated rings. The van der Waals surface area contributed by atoms with Crippen LogP contribution in [0.2, 0.25) is 0 Å². The van der Waals surface area contributed by atoms with Crippen LogP contribution in [0.3, 0.4) is 0 Å². The molecule has 0 bridgehead atoms. The molecule has 0 spiro atoms. The van der Waals surface area contributed by atoms with Crippen LogP contribution in [0.15, 0.2) is 24.3 Å². The lowest BCUT2D eigenvalue weighted by Crippen LogP contribution is -2.27. The second-order valence-electron chi connectivity index (χ2n) is 4.84. The molecule has 0 aromatic heterocycles. The molecule has 2 heteroatoms. The van der Waals surface area contributed by atoms with Crippen LogP contribution < -0.4 is 11.5 Å². The van der Waals surface area contributed by atoms with Crippen molar-refractivity contribution in [1.29, 1.82) is 0 Å². The van der Waals surface area contributed by atoms with Crippen molar-refractivity contribution in [3.63, 3.8) is 0 Å². The van der Waals surface area contributed by atoms with Gasteiger partial charge in [0.2, 0.25) is 0 Å². The van der Waals surface area contributed by atoms with Crippen molar-refractivity contribution in [2.75, 3.05) is 13.1 Å². The van der Waals surface area contributed by atoms with Gasteiger partial charge in [-0.3, -0.25) is 0 Å². The van der Waals surface area contributed by atoms with Crippen molar-refractivity contribution >= 4 is 0 Å². The Labute approximate surface area is 99.0 Å². The fourth-order valence-corrected chi connectivity index (χ4v) is 1.96. The first-order chi connectivity index (χ1) is 7.60. The Kier molecular flexibility index (Phi) is 4.97. The molecule has 0 amide bonds. The van der Waals surface area contributed by atoms with Crippen molar-refractivity contribution in [3.8, 4) is 0 Å². The van der Waals surface area contributed by atoms with E-state index in [1.165, 1.54) is 11.1 Å². The minimum absolute atomic E-state index is 0.380. The molecule has 0 saturated heterocycles. The predicted molar refractivity (Wildman–Crippen MR) is 70.5 cm³/mol. The van der Waals surface area contributed by atoms with E-state index in [1.54, 1.807) is 0 Å². The quantitative estimate of drug-likeness (QED) is 0.801. The summed E-state index contributed by atoms with van der Waals surface area (Å²) in [4.78, 5) is 0. The fraction of sp³-hybridized carbons (Fsp3) is 0.571. The first kappa shape index (κ1) is 13.2. The van der Waals surface area contributed by atoms with Crippen LogP contribution in [0.25, 0.3) is 0 Å². The van der Waals surface area contributed by atoms with Gasteiger partial charge in [0, 0.05) is 0 Å². The van der Waals surface area contributed by atoms with Crippen LogP contribution in [0.4, 0.5) is 0 Å². The van der Waals surface area contributed by atoms with Crippen molar-refractivity contribution in [2.24, 2.45) is 17.4 Å². The highest BCUT2D eigenvalue weighted by atomic mass is 14.6. The van der Waals surface area contributed by atoms with Crippen LogP contribution in [0, 0.1) is 5.92 Å². The summed E-state index contributed by atoms with van der Waals surface area (Å²) in [6.07, 6.45) is 0. The summed E-state index contributed by atoms with van der Waals surface area (Å²) in [7, 11) is 0. The van der Waals surface area contributed by atoms with E-state index >= 15 is 0 Å². The normalized spacial score (nSPS) is 13.4. The zero-order valence-electron chi connectivity index (χ0n) is 10.6. The zero-order chi connectivity index (χ0) is 12.1. The van der Waals surface area contributed by atoms with Crippen LogP contribution in [-0.4, -0.2) is 13.1 Å². The Hall–Kier alpha value is -0.860. The summed E-state index contributed by atoms with van der Waals surface area (Å²) < 4.78 is 0. The lowest BCUT2D eigenvalue weighted by Gasteiger charge is -2.21. The molecule has 0 aliphatic rings. The number of benzene rings is 1. The molecule has 1 unspecified atom stereocenters. The minimum atomic E-state index is 0.380. The van der Waals surface area contributed by atoms with Gasteiger partial charge in [-0.2, -0.15) is 0 Å². The average molecular weight is 220 g/mol. The highest BCUT2D eigenvalue weighted by Crippen LogP contribution is 2.24. The zero-order valence-corrected chi connectivity index (χ0v) is 10.6. The highest BCUT2D eigenvalue weighted by molar-refractivity contribution is 5.27. The van der Waals surface area contributed by atoms with E-state index in [-0.39, 0.29) is 0 Å². The molecule has 4 N–H and O–H groups in total. The van der Waals surface area contributed by atoms with Gasteiger partial charge in [-0.25, -0.2) is 0 Å². The van der Waals surface area contributed by atoms with Crippen LogP contribution in [0.1, 0.15) is 43.7 Å². The van der Waals surface area contributed by atoms with E-state index in [9.17, 15) is 0 Å². The second kappa shape index (κ2) is 6.02. The Morgan fingerprint density at radius 3 is 1.69 bits per heavy atom. The van der Waals surface area contributed by atoms with Gasteiger partial charge < -0.3 is 11.5 Å². The third-order valence-corrected chi connectivity index (χ3v) is 3.44. The molecular formula is C14H24N2. The van der Waals surface area contributed by atoms with E-state index in [1.807, 2.05) is 0 Å². The molecule has 0 saturated carbocycles. The summed E-state index contributed by atoms with van der Waals surface area (Å²) in [6.45, 7) is 7.93. The van der Waals surface area contributed by atoms with Gasteiger partial charge in [-0.05, 0) is 42.0 Å². The van der Waals surface area contributed by atoms with E-state index in [0.29, 0.717) is 30.8 Å². The van der Waals surface area contributed by atoms with Gasteiger partial charge >= 0.3 is 0 Å². The lowest BCUT2D eigenvalue weighted by atomic mass is 9.86. The molecule has 16 heavy (non-hydrogen) atoms. The fourth-order valence-electron chi connectivity index (χ4n) is 1.96. The van der Waals surface area contributed by atoms with Gasteiger partial charge in [0.25, 0.3) is 0 Å². The molecule has 1 rings (SSSR count). The summed E-state index contributed by atoms with van der Waals surface area (Å²) in [5.41, 5.74) is 14.2. The van der Waals surface area contributed by atoms with Crippen LogP contribution in [0.5, 0.6) is 0 Å². The first-order valence-corrected chi connectivity index (χ1v) is 6.10. The van der Waals surface area contributed by atoms with E-state index < -0.39 is 0 Å². The Morgan fingerprint density at radius 1 is 0.875 bits per heavy atom. The third-order valence-electron chi connectivity index (χ3n) is 3.44. The smallest absolute Gasteiger partial charge is 0.00310 e. The number of rotatable bonds is 5. The molecule has 0 heterocycles. The molecule has 0 aliphatic heterocycles. The van der Waals surface area contributed by atoms with Crippen molar-refractivity contribution < 1.29 is 0 Å². The monoisotopic (exact) mass is 220 g/mol. The predicted octanol–water partition coefficient (Wildman–Crippen LogP) is 2.45. The van der Waals surface area contributed by atoms with E-state index in [4.69, 9.17) is 11.5 Å².